The number of benzene rings is 1. The number of aryl methyl sites for hydroxylation is 1. The molecule has 1 heterocycles. The van der Waals surface area contributed by atoms with Crippen LogP contribution in [0.1, 0.15) is 17.2 Å². The number of halogens is 3. The molecule has 1 fully saturated rings. The van der Waals surface area contributed by atoms with Crippen molar-refractivity contribution < 1.29 is 13.9 Å². The van der Waals surface area contributed by atoms with Gasteiger partial charge >= 0.3 is 0 Å². The molecule has 2 rings (SSSR count). The number of aliphatic hydroxyl groups excluding tert-OH is 1. The molecule has 112 valence electrons. The lowest BCUT2D eigenvalue weighted by molar-refractivity contribution is -0.118. The third-order valence-electron chi connectivity index (χ3n) is 3.66. The van der Waals surface area contributed by atoms with E-state index >= 15 is 0 Å². The van der Waals surface area contributed by atoms with Crippen LogP contribution in [-0.4, -0.2) is 48.7 Å². The molecule has 0 saturated carbocycles. The highest BCUT2D eigenvalue weighted by molar-refractivity contribution is 9.10. The van der Waals surface area contributed by atoms with Gasteiger partial charge in [-0.05, 0) is 30.2 Å². The third-order valence-corrected chi connectivity index (χ3v) is 4.16. The van der Waals surface area contributed by atoms with Crippen LogP contribution < -0.4 is 5.32 Å². The number of piperazine rings is 1. The Hall–Kier alpha value is -0.560. The van der Waals surface area contributed by atoms with E-state index in [2.05, 4.69) is 21.2 Å². The number of alkyl halides is 2. The van der Waals surface area contributed by atoms with E-state index < -0.39 is 18.6 Å². The van der Waals surface area contributed by atoms with Crippen LogP contribution in [0.5, 0.6) is 0 Å². The summed E-state index contributed by atoms with van der Waals surface area (Å²) in [4.78, 5) is 1.75. The van der Waals surface area contributed by atoms with E-state index in [9.17, 15) is 8.78 Å². The van der Waals surface area contributed by atoms with Gasteiger partial charge in [0.15, 0.2) is 0 Å². The third kappa shape index (κ3) is 3.36. The molecule has 1 aromatic carbocycles. The van der Waals surface area contributed by atoms with Crippen LogP contribution in [0.15, 0.2) is 22.7 Å². The normalized spacial score (nSPS) is 19.1. The largest absolute Gasteiger partial charge is 0.390 e. The second-order valence-electron chi connectivity index (χ2n) is 5.11. The van der Waals surface area contributed by atoms with Crippen LogP contribution >= 0.6 is 15.9 Å². The van der Waals surface area contributed by atoms with Gasteiger partial charge in [0.2, 0.25) is 0 Å². The van der Waals surface area contributed by atoms with E-state index in [0.29, 0.717) is 31.7 Å². The molecular weight excluding hydrogens is 330 g/mol. The molecule has 0 radical (unpaired) electrons. The second-order valence-corrected chi connectivity index (χ2v) is 6.02. The van der Waals surface area contributed by atoms with Gasteiger partial charge in [-0.3, -0.25) is 4.90 Å². The fourth-order valence-electron chi connectivity index (χ4n) is 2.62. The van der Waals surface area contributed by atoms with Gasteiger partial charge in [0.25, 0.3) is 5.92 Å². The van der Waals surface area contributed by atoms with Crippen molar-refractivity contribution in [1.29, 1.82) is 0 Å². The average Bonchev–Trinajstić information content (AvgIpc) is 2.44. The molecule has 1 saturated heterocycles. The monoisotopic (exact) mass is 348 g/mol. The lowest BCUT2D eigenvalue weighted by Gasteiger charge is -2.39. The van der Waals surface area contributed by atoms with Gasteiger partial charge in [0.1, 0.15) is 12.6 Å². The van der Waals surface area contributed by atoms with Crippen LogP contribution in [0.25, 0.3) is 0 Å². The summed E-state index contributed by atoms with van der Waals surface area (Å²) in [5.74, 6) is -3.16. The molecule has 6 heteroatoms. The Balaban J connectivity index is 2.42. The van der Waals surface area contributed by atoms with Gasteiger partial charge in [0.05, 0.1) is 0 Å². The van der Waals surface area contributed by atoms with E-state index in [-0.39, 0.29) is 0 Å². The zero-order valence-electron chi connectivity index (χ0n) is 11.4. The maximum Gasteiger partial charge on any atom is 0.289 e. The molecule has 3 nitrogen and oxygen atoms in total. The number of aliphatic hydroxyl groups is 1. The molecule has 0 aliphatic carbocycles. The molecule has 20 heavy (non-hydrogen) atoms. The Kier molecular flexibility index (Phi) is 5.12. The Labute approximate surface area is 126 Å². The van der Waals surface area contributed by atoms with E-state index in [1.165, 1.54) is 0 Å². The first-order valence-electron chi connectivity index (χ1n) is 6.65. The van der Waals surface area contributed by atoms with Crippen molar-refractivity contribution >= 4 is 15.9 Å². The molecule has 0 spiro atoms. The van der Waals surface area contributed by atoms with Crippen LogP contribution in [0.4, 0.5) is 8.78 Å². The first kappa shape index (κ1) is 15.8. The summed E-state index contributed by atoms with van der Waals surface area (Å²) in [7, 11) is 0. The molecular formula is C14H19BrF2N2O. The molecule has 1 aromatic rings. The molecule has 0 amide bonds. The molecule has 0 aromatic heterocycles. The van der Waals surface area contributed by atoms with Crippen molar-refractivity contribution in [3.63, 3.8) is 0 Å². The summed E-state index contributed by atoms with van der Waals surface area (Å²) >= 11 is 3.34. The zero-order chi connectivity index (χ0) is 14.8. The number of hydrogen-bond donors (Lipinski definition) is 2. The van der Waals surface area contributed by atoms with Crippen molar-refractivity contribution in [2.45, 2.75) is 18.9 Å². The summed E-state index contributed by atoms with van der Waals surface area (Å²) in [5.41, 5.74) is 1.38. The predicted molar refractivity (Wildman–Crippen MR) is 78.1 cm³/mol. The van der Waals surface area contributed by atoms with Gasteiger partial charge < -0.3 is 10.4 Å². The van der Waals surface area contributed by atoms with Crippen molar-refractivity contribution in [3.05, 3.63) is 33.8 Å². The van der Waals surface area contributed by atoms with E-state index in [0.717, 1.165) is 10.0 Å². The van der Waals surface area contributed by atoms with E-state index in [1.807, 2.05) is 19.1 Å². The van der Waals surface area contributed by atoms with Crippen molar-refractivity contribution in [2.75, 3.05) is 32.8 Å². The molecule has 1 atom stereocenters. The number of nitrogens with zero attached hydrogens (tertiary/aromatic N) is 1. The predicted octanol–water partition coefficient (Wildman–Crippen LogP) is 2.33. The fourth-order valence-corrected chi connectivity index (χ4v) is 3.00. The highest BCUT2D eigenvalue weighted by atomic mass is 79.9. The van der Waals surface area contributed by atoms with Crippen LogP contribution in [0.3, 0.4) is 0 Å². The van der Waals surface area contributed by atoms with Gasteiger partial charge in [-0.15, -0.1) is 0 Å². The Morgan fingerprint density at radius 2 is 2.05 bits per heavy atom. The number of rotatable bonds is 4. The highest BCUT2D eigenvalue weighted by Gasteiger charge is 2.44. The molecule has 2 N–H and O–H groups in total. The minimum atomic E-state index is -3.16. The molecule has 0 unspecified atom stereocenters. The van der Waals surface area contributed by atoms with Gasteiger partial charge in [-0.1, -0.05) is 22.0 Å². The number of hydrogen-bond acceptors (Lipinski definition) is 3. The van der Waals surface area contributed by atoms with Crippen molar-refractivity contribution in [3.8, 4) is 0 Å². The van der Waals surface area contributed by atoms with Crippen LogP contribution in [0, 0.1) is 6.92 Å². The Bertz CT molecular complexity index is 464. The lowest BCUT2D eigenvalue weighted by Crippen LogP contribution is -2.51. The molecule has 0 bridgehead atoms. The van der Waals surface area contributed by atoms with Gasteiger partial charge in [0, 0.05) is 30.7 Å². The van der Waals surface area contributed by atoms with Crippen LogP contribution in [-0.2, 0) is 0 Å². The zero-order valence-corrected chi connectivity index (χ0v) is 13.0. The average molecular weight is 349 g/mol. The molecule has 1 aliphatic heterocycles. The molecule has 1 aliphatic rings. The lowest BCUT2D eigenvalue weighted by atomic mass is 9.94. The van der Waals surface area contributed by atoms with E-state index in [1.54, 1.807) is 11.0 Å². The van der Waals surface area contributed by atoms with E-state index in [4.69, 9.17) is 5.11 Å². The summed E-state index contributed by atoms with van der Waals surface area (Å²) in [5, 5.41) is 12.3. The SMILES string of the molecule is Cc1ccc(Br)cc1[C@@H](N1CCNCC1)C(F)(F)CO. The summed E-state index contributed by atoms with van der Waals surface area (Å²) < 4.78 is 29.3. The standard InChI is InChI=1S/C14H19BrF2N2O/c1-10-2-3-11(15)8-12(10)13(14(16,17)9-20)19-6-4-18-5-7-19/h2-3,8,13,18,20H,4-7,9H2,1H3/t13-/m1/s1. The van der Waals surface area contributed by atoms with Crippen molar-refractivity contribution in [2.24, 2.45) is 0 Å². The fraction of sp³-hybridized carbons (Fsp3) is 0.571. The topological polar surface area (TPSA) is 35.5 Å². The maximum absolute atomic E-state index is 14.3. The quantitative estimate of drug-likeness (QED) is 0.876. The Morgan fingerprint density at radius 3 is 2.65 bits per heavy atom. The maximum atomic E-state index is 14.3. The highest BCUT2D eigenvalue weighted by Crippen LogP contribution is 2.38. The minimum absolute atomic E-state index is 0.548. The van der Waals surface area contributed by atoms with Gasteiger partial charge in [-0.25, -0.2) is 8.78 Å². The van der Waals surface area contributed by atoms with Gasteiger partial charge in [-0.2, -0.15) is 0 Å². The summed E-state index contributed by atoms with van der Waals surface area (Å²) in [6, 6.07) is 4.30. The Morgan fingerprint density at radius 1 is 1.40 bits per heavy atom. The number of nitrogens with one attached hydrogen (secondary N) is 1. The smallest absolute Gasteiger partial charge is 0.289 e. The van der Waals surface area contributed by atoms with Crippen LogP contribution in [0.2, 0.25) is 0 Å². The minimum Gasteiger partial charge on any atom is -0.390 e. The first-order valence-corrected chi connectivity index (χ1v) is 7.44. The summed E-state index contributed by atoms with van der Waals surface area (Å²) in [6.07, 6.45) is 0. The second kappa shape index (κ2) is 6.47. The van der Waals surface area contributed by atoms with Crippen molar-refractivity contribution in [1.82, 2.24) is 10.2 Å². The first-order chi connectivity index (χ1) is 9.45. The summed E-state index contributed by atoms with van der Waals surface area (Å²) in [6.45, 7) is 3.15.